The van der Waals surface area contributed by atoms with Crippen LogP contribution in [-0.4, -0.2) is 41.6 Å². The molecule has 0 aliphatic carbocycles. The first-order chi connectivity index (χ1) is 5.79. The van der Waals surface area contributed by atoms with Crippen molar-refractivity contribution in [1.82, 2.24) is 0 Å². The third-order valence-corrected chi connectivity index (χ3v) is 2.49. The quantitative estimate of drug-likeness (QED) is 0.338. The molecule has 0 aromatic rings. The highest BCUT2D eigenvalue weighted by molar-refractivity contribution is 6.48. The van der Waals surface area contributed by atoms with Gasteiger partial charge in [-0.2, -0.15) is 0 Å². The Morgan fingerprint density at radius 2 is 2.17 bits per heavy atom. The second-order valence-corrected chi connectivity index (χ2v) is 5.73. The van der Waals surface area contributed by atoms with Gasteiger partial charge < -0.3 is 13.9 Å². The van der Waals surface area contributed by atoms with E-state index in [0.29, 0.717) is 6.10 Å². The molecule has 3 nitrogen and oxygen atoms in total. The zero-order valence-corrected chi connectivity index (χ0v) is 9.07. The van der Waals surface area contributed by atoms with E-state index in [2.05, 4.69) is 13.1 Å². The molecule has 0 amide bonds. The summed E-state index contributed by atoms with van der Waals surface area (Å²) in [5.74, 6) is 0. The summed E-state index contributed by atoms with van der Waals surface area (Å²) in [6, 6.07) is 0. The van der Waals surface area contributed by atoms with Crippen LogP contribution in [-0.2, 0) is 13.9 Å². The van der Waals surface area contributed by atoms with Gasteiger partial charge in [0.25, 0.3) is 0 Å². The van der Waals surface area contributed by atoms with Crippen molar-refractivity contribution in [2.45, 2.75) is 25.6 Å². The van der Waals surface area contributed by atoms with Gasteiger partial charge in [-0.3, -0.25) is 0 Å². The molecule has 72 valence electrons. The summed E-state index contributed by atoms with van der Waals surface area (Å²) >= 11 is 0. The van der Waals surface area contributed by atoms with E-state index in [1.807, 2.05) is 0 Å². The minimum atomic E-state index is -0.810. The Hall–Kier alpha value is 0.0969. The van der Waals surface area contributed by atoms with E-state index in [4.69, 9.17) is 13.9 Å². The summed E-state index contributed by atoms with van der Waals surface area (Å²) < 4.78 is 15.8. The summed E-state index contributed by atoms with van der Waals surface area (Å²) in [5, 5.41) is 0. The van der Waals surface area contributed by atoms with E-state index < -0.39 is 9.04 Å². The third-order valence-electron chi connectivity index (χ3n) is 1.59. The number of ether oxygens (including phenoxy) is 2. The highest BCUT2D eigenvalue weighted by Crippen LogP contribution is 2.08. The van der Waals surface area contributed by atoms with Crippen LogP contribution >= 0.6 is 0 Å². The average molecular weight is 190 g/mol. The Balaban J connectivity index is 1.70. The fourth-order valence-corrected chi connectivity index (χ4v) is 1.50. The molecule has 0 radical (unpaired) electrons. The minimum Gasteiger partial charge on any atom is -0.420 e. The number of hydrogen-bond acceptors (Lipinski definition) is 3. The summed E-state index contributed by atoms with van der Waals surface area (Å²) in [5.41, 5.74) is 0. The Morgan fingerprint density at radius 3 is 2.75 bits per heavy atom. The fraction of sp³-hybridized carbons (Fsp3) is 1.00. The van der Waals surface area contributed by atoms with Crippen molar-refractivity contribution >= 4 is 9.04 Å². The Labute approximate surface area is 75.7 Å². The van der Waals surface area contributed by atoms with E-state index in [0.717, 1.165) is 32.8 Å². The van der Waals surface area contributed by atoms with E-state index in [9.17, 15) is 0 Å². The molecular weight excluding hydrogens is 172 g/mol. The maximum Gasteiger partial charge on any atom is 0.170 e. The first-order valence-corrected chi connectivity index (χ1v) is 7.38. The normalized spacial score (nSPS) is 21.8. The number of hydrogen-bond donors (Lipinski definition) is 0. The first-order valence-electron chi connectivity index (χ1n) is 4.60. The van der Waals surface area contributed by atoms with Crippen molar-refractivity contribution in [3.63, 3.8) is 0 Å². The molecule has 1 aliphatic rings. The molecule has 1 unspecified atom stereocenters. The smallest absolute Gasteiger partial charge is 0.170 e. The van der Waals surface area contributed by atoms with Crippen LogP contribution < -0.4 is 0 Å². The maximum absolute atomic E-state index is 5.49. The molecule has 0 saturated carbocycles. The van der Waals surface area contributed by atoms with Crippen molar-refractivity contribution in [1.29, 1.82) is 0 Å². The third kappa shape index (κ3) is 5.71. The highest BCUT2D eigenvalue weighted by Gasteiger charge is 2.21. The van der Waals surface area contributed by atoms with Gasteiger partial charge in [0, 0.05) is 13.2 Å². The fourth-order valence-electron chi connectivity index (χ4n) is 0.859. The average Bonchev–Trinajstić information content (AvgIpc) is 2.79. The maximum atomic E-state index is 5.49. The van der Waals surface area contributed by atoms with Crippen LogP contribution in [0.4, 0.5) is 0 Å². The van der Waals surface area contributed by atoms with Crippen molar-refractivity contribution in [3.8, 4) is 0 Å². The molecule has 12 heavy (non-hydrogen) atoms. The van der Waals surface area contributed by atoms with Gasteiger partial charge in [-0.25, -0.2) is 0 Å². The monoisotopic (exact) mass is 190 g/mol. The molecule has 1 rings (SSSR count). The summed E-state index contributed by atoms with van der Waals surface area (Å²) in [4.78, 5) is 0. The van der Waals surface area contributed by atoms with Crippen molar-refractivity contribution in [2.24, 2.45) is 0 Å². The van der Waals surface area contributed by atoms with Crippen LogP contribution in [0.1, 0.15) is 6.42 Å². The van der Waals surface area contributed by atoms with E-state index >= 15 is 0 Å². The summed E-state index contributed by atoms with van der Waals surface area (Å²) in [6.07, 6.45) is 1.41. The lowest BCUT2D eigenvalue weighted by Crippen LogP contribution is -2.11. The lowest BCUT2D eigenvalue weighted by Gasteiger charge is -2.06. The molecule has 0 aromatic heterocycles. The lowest BCUT2D eigenvalue weighted by molar-refractivity contribution is 0.104. The number of epoxide rings is 1. The summed E-state index contributed by atoms with van der Waals surface area (Å²) in [6.45, 7) is 7.67. The zero-order chi connectivity index (χ0) is 8.81. The Bertz CT molecular complexity index is 109. The van der Waals surface area contributed by atoms with Crippen molar-refractivity contribution in [2.75, 3.05) is 26.4 Å². The first kappa shape index (κ1) is 10.2. The lowest BCUT2D eigenvalue weighted by atomic mass is 10.5. The van der Waals surface area contributed by atoms with Gasteiger partial charge in [0.05, 0.1) is 13.2 Å². The van der Waals surface area contributed by atoms with Crippen molar-refractivity contribution in [3.05, 3.63) is 0 Å². The van der Waals surface area contributed by atoms with Crippen LogP contribution in [0.3, 0.4) is 0 Å². The molecule has 0 aromatic carbocycles. The van der Waals surface area contributed by atoms with Gasteiger partial charge in [-0.15, -0.1) is 0 Å². The van der Waals surface area contributed by atoms with Gasteiger partial charge in [0.2, 0.25) is 0 Å². The Kier molecular flexibility index (Phi) is 4.83. The second kappa shape index (κ2) is 5.69. The molecular formula is C8H18O3Si. The predicted molar refractivity (Wildman–Crippen MR) is 50.0 cm³/mol. The van der Waals surface area contributed by atoms with Crippen LogP contribution in [0.25, 0.3) is 0 Å². The second-order valence-electron chi connectivity index (χ2n) is 3.30. The largest absolute Gasteiger partial charge is 0.420 e. The van der Waals surface area contributed by atoms with Gasteiger partial charge in [0.15, 0.2) is 9.04 Å². The molecule has 1 saturated heterocycles. The predicted octanol–water partition coefficient (Wildman–Crippen LogP) is 0.792. The van der Waals surface area contributed by atoms with Crippen LogP contribution in [0.5, 0.6) is 0 Å². The molecule has 1 heterocycles. The minimum absolute atomic E-state index is 0.394. The zero-order valence-electron chi connectivity index (χ0n) is 7.91. The standard InChI is InChI=1S/C8H18O3Si/c1-12(2)11-5-3-4-9-6-8-7-10-8/h8,12H,3-7H2,1-2H3. The SMILES string of the molecule is C[SiH](C)OCCCOCC1CO1. The van der Waals surface area contributed by atoms with E-state index in [-0.39, 0.29) is 0 Å². The van der Waals surface area contributed by atoms with Gasteiger partial charge in [0.1, 0.15) is 6.10 Å². The number of rotatable bonds is 7. The topological polar surface area (TPSA) is 31.0 Å². The highest BCUT2D eigenvalue weighted by atomic mass is 28.3. The molecule has 1 fully saturated rings. The van der Waals surface area contributed by atoms with Crippen LogP contribution in [0.2, 0.25) is 13.1 Å². The van der Waals surface area contributed by atoms with Crippen LogP contribution in [0, 0.1) is 0 Å². The molecule has 1 atom stereocenters. The van der Waals surface area contributed by atoms with Gasteiger partial charge >= 0.3 is 0 Å². The molecule has 0 N–H and O–H groups in total. The van der Waals surface area contributed by atoms with E-state index in [1.54, 1.807) is 0 Å². The summed E-state index contributed by atoms with van der Waals surface area (Å²) in [7, 11) is -0.810. The van der Waals surface area contributed by atoms with Crippen LogP contribution in [0.15, 0.2) is 0 Å². The Morgan fingerprint density at radius 1 is 1.42 bits per heavy atom. The van der Waals surface area contributed by atoms with Gasteiger partial charge in [-0.1, -0.05) is 0 Å². The van der Waals surface area contributed by atoms with E-state index in [1.165, 1.54) is 0 Å². The van der Waals surface area contributed by atoms with Crippen molar-refractivity contribution < 1.29 is 13.9 Å². The molecule has 0 bridgehead atoms. The van der Waals surface area contributed by atoms with Gasteiger partial charge in [-0.05, 0) is 19.5 Å². The molecule has 1 aliphatic heterocycles. The molecule has 4 heteroatoms. The molecule has 0 spiro atoms.